The van der Waals surface area contributed by atoms with Crippen LogP contribution in [-0.4, -0.2) is 38.1 Å². The molecule has 1 aromatic heterocycles. The highest BCUT2D eigenvalue weighted by Gasteiger charge is 2.41. The number of nitrogens with zero attached hydrogens (tertiary/aromatic N) is 3. The van der Waals surface area contributed by atoms with Gasteiger partial charge in [0.1, 0.15) is 5.54 Å². The third-order valence-electron chi connectivity index (χ3n) is 3.97. The van der Waals surface area contributed by atoms with Crippen molar-refractivity contribution in [2.24, 2.45) is 7.05 Å². The topological polar surface area (TPSA) is 67.2 Å². The molecular weight excluding hydrogens is 256 g/mol. The molecule has 0 spiro atoms. The Hall–Kier alpha value is -1.85. The summed E-state index contributed by atoms with van der Waals surface area (Å²) in [6.45, 7) is 6.04. The Morgan fingerprint density at radius 1 is 1.50 bits per heavy atom. The number of amides is 2. The molecule has 0 saturated carbocycles. The van der Waals surface area contributed by atoms with Crippen LogP contribution in [0.3, 0.4) is 0 Å². The van der Waals surface area contributed by atoms with E-state index in [1.807, 2.05) is 33.2 Å². The zero-order valence-corrected chi connectivity index (χ0v) is 12.5. The first-order chi connectivity index (χ1) is 9.35. The first-order valence-electron chi connectivity index (χ1n) is 6.96. The molecule has 6 nitrogen and oxygen atoms in total. The number of aryl methyl sites for hydroxylation is 1. The Bertz CT molecular complexity index is 525. The van der Waals surface area contributed by atoms with Gasteiger partial charge in [0.2, 0.25) is 11.8 Å². The van der Waals surface area contributed by atoms with Gasteiger partial charge in [-0.15, -0.1) is 0 Å². The molecule has 0 aliphatic carbocycles. The monoisotopic (exact) mass is 278 g/mol. The van der Waals surface area contributed by atoms with Crippen molar-refractivity contribution in [3.05, 3.63) is 18.0 Å². The molecule has 0 radical (unpaired) electrons. The smallest absolute Gasteiger partial charge is 0.248 e. The molecule has 1 saturated heterocycles. The largest absolute Gasteiger partial charge is 0.342 e. The summed E-state index contributed by atoms with van der Waals surface area (Å²) in [5, 5.41) is 7.16. The number of nitrogens with one attached hydrogen (secondary N) is 1. The van der Waals surface area contributed by atoms with Crippen LogP contribution in [0.25, 0.3) is 0 Å². The summed E-state index contributed by atoms with van der Waals surface area (Å²) < 4.78 is 1.71. The van der Waals surface area contributed by atoms with E-state index in [1.54, 1.807) is 16.5 Å². The van der Waals surface area contributed by atoms with Crippen LogP contribution in [0, 0.1) is 0 Å². The van der Waals surface area contributed by atoms with Crippen LogP contribution in [0.15, 0.2) is 12.3 Å². The van der Waals surface area contributed by atoms with Gasteiger partial charge in [-0.3, -0.25) is 14.3 Å². The lowest BCUT2D eigenvalue weighted by Crippen LogP contribution is -2.55. The third kappa shape index (κ3) is 2.69. The third-order valence-corrected chi connectivity index (χ3v) is 3.97. The van der Waals surface area contributed by atoms with E-state index in [0.29, 0.717) is 19.4 Å². The summed E-state index contributed by atoms with van der Waals surface area (Å²) >= 11 is 0. The molecule has 1 fully saturated rings. The zero-order chi connectivity index (χ0) is 14.9. The van der Waals surface area contributed by atoms with Crippen molar-refractivity contribution in [3.8, 4) is 0 Å². The standard InChI is InChI=1S/C14H22N4O2/c1-5-14(3)13(20)18(10(2)8-12(19)15-14)9-11-6-7-17(4)16-11/h6-7,10H,5,8-9H2,1-4H3,(H,15,19). The van der Waals surface area contributed by atoms with E-state index in [-0.39, 0.29) is 17.9 Å². The number of aromatic nitrogens is 2. The van der Waals surface area contributed by atoms with Crippen LogP contribution in [0.2, 0.25) is 0 Å². The molecule has 2 amide bonds. The van der Waals surface area contributed by atoms with Gasteiger partial charge in [0, 0.05) is 25.7 Å². The quantitative estimate of drug-likeness (QED) is 0.890. The molecule has 1 aliphatic rings. The van der Waals surface area contributed by atoms with Crippen LogP contribution in [0.4, 0.5) is 0 Å². The molecule has 2 unspecified atom stereocenters. The summed E-state index contributed by atoms with van der Waals surface area (Å²) in [7, 11) is 1.85. The van der Waals surface area contributed by atoms with E-state index in [2.05, 4.69) is 10.4 Å². The average Bonchev–Trinajstić information content (AvgIpc) is 2.76. The molecular formula is C14H22N4O2. The maximum absolute atomic E-state index is 12.7. The van der Waals surface area contributed by atoms with Gasteiger partial charge in [-0.1, -0.05) is 6.92 Å². The second-order valence-electron chi connectivity index (χ2n) is 5.70. The molecule has 1 aliphatic heterocycles. The molecule has 20 heavy (non-hydrogen) atoms. The highest BCUT2D eigenvalue weighted by Crippen LogP contribution is 2.22. The Balaban J connectivity index is 2.28. The van der Waals surface area contributed by atoms with Gasteiger partial charge >= 0.3 is 0 Å². The summed E-state index contributed by atoms with van der Waals surface area (Å²) in [5.41, 5.74) is 0.0110. The van der Waals surface area contributed by atoms with Crippen LogP contribution in [-0.2, 0) is 23.2 Å². The molecule has 1 aromatic rings. The molecule has 2 heterocycles. The van der Waals surface area contributed by atoms with Crippen molar-refractivity contribution in [3.63, 3.8) is 0 Å². The first kappa shape index (κ1) is 14.6. The molecule has 110 valence electrons. The predicted octanol–water partition coefficient (Wildman–Crippen LogP) is 0.826. The second-order valence-corrected chi connectivity index (χ2v) is 5.70. The number of hydrogen-bond acceptors (Lipinski definition) is 3. The van der Waals surface area contributed by atoms with Crippen LogP contribution < -0.4 is 5.32 Å². The van der Waals surface area contributed by atoms with Gasteiger partial charge in [0.05, 0.1) is 12.2 Å². The van der Waals surface area contributed by atoms with E-state index in [4.69, 9.17) is 0 Å². The normalized spacial score (nSPS) is 27.4. The molecule has 6 heteroatoms. The van der Waals surface area contributed by atoms with Gasteiger partial charge in [-0.2, -0.15) is 5.10 Å². The number of carbonyl (C=O) groups is 2. The zero-order valence-electron chi connectivity index (χ0n) is 12.5. The fourth-order valence-electron chi connectivity index (χ4n) is 2.50. The second kappa shape index (κ2) is 5.26. The number of rotatable bonds is 3. The van der Waals surface area contributed by atoms with Crippen LogP contribution in [0.1, 0.15) is 39.3 Å². The lowest BCUT2D eigenvalue weighted by Gasteiger charge is -2.33. The van der Waals surface area contributed by atoms with Crippen molar-refractivity contribution in [2.75, 3.05) is 0 Å². The SMILES string of the molecule is CCC1(C)NC(=O)CC(C)N(Cc2ccn(C)n2)C1=O. The van der Waals surface area contributed by atoms with Gasteiger partial charge in [0.25, 0.3) is 0 Å². The maximum Gasteiger partial charge on any atom is 0.248 e. The number of hydrogen-bond donors (Lipinski definition) is 1. The highest BCUT2D eigenvalue weighted by molar-refractivity contribution is 5.93. The Kier molecular flexibility index (Phi) is 3.83. The molecule has 2 atom stereocenters. The van der Waals surface area contributed by atoms with Crippen molar-refractivity contribution in [1.29, 1.82) is 0 Å². The van der Waals surface area contributed by atoms with Crippen molar-refractivity contribution >= 4 is 11.8 Å². The molecule has 0 aromatic carbocycles. The van der Waals surface area contributed by atoms with Crippen molar-refractivity contribution < 1.29 is 9.59 Å². The Morgan fingerprint density at radius 2 is 2.20 bits per heavy atom. The Morgan fingerprint density at radius 3 is 2.75 bits per heavy atom. The highest BCUT2D eigenvalue weighted by atomic mass is 16.2. The van der Waals surface area contributed by atoms with E-state index in [1.165, 1.54) is 0 Å². The van der Waals surface area contributed by atoms with E-state index in [0.717, 1.165) is 5.69 Å². The van der Waals surface area contributed by atoms with E-state index < -0.39 is 5.54 Å². The maximum atomic E-state index is 12.7. The van der Waals surface area contributed by atoms with Gasteiger partial charge in [-0.25, -0.2) is 0 Å². The minimum atomic E-state index is -0.823. The average molecular weight is 278 g/mol. The summed E-state index contributed by atoms with van der Waals surface area (Å²) in [5.74, 6) is -0.109. The lowest BCUT2D eigenvalue weighted by molar-refractivity contribution is -0.140. The van der Waals surface area contributed by atoms with Gasteiger partial charge < -0.3 is 10.2 Å². The molecule has 0 bridgehead atoms. The predicted molar refractivity (Wildman–Crippen MR) is 74.7 cm³/mol. The number of carbonyl (C=O) groups excluding carboxylic acids is 2. The fourth-order valence-corrected chi connectivity index (χ4v) is 2.50. The minimum absolute atomic E-state index is 0.0380. The van der Waals surface area contributed by atoms with Crippen LogP contribution >= 0.6 is 0 Å². The van der Waals surface area contributed by atoms with Crippen LogP contribution in [0.5, 0.6) is 0 Å². The molecule has 2 rings (SSSR count). The lowest BCUT2D eigenvalue weighted by atomic mass is 9.97. The van der Waals surface area contributed by atoms with Crippen molar-refractivity contribution in [2.45, 2.75) is 51.7 Å². The Labute approximate surface area is 119 Å². The minimum Gasteiger partial charge on any atom is -0.342 e. The van der Waals surface area contributed by atoms with E-state index >= 15 is 0 Å². The van der Waals surface area contributed by atoms with E-state index in [9.17, 15) is 9.59 Å². The first-order valence-corrected chi connectivity index (χ1v) is 6.96. The fraction of sp³-hybridized carbons (Fsp3) is 0.643. The summed E-state index contributed by atoms with van der Waals surface area (Å²) in [6, 6.07) is 1.77. The van der Waals surface area contributed by atoms with Gasteiger partial charge in [-0.05, 0) is 26.3 Å². The van der Waals surface area contributed by atoms with Crippen molar-refractivity contribution in [1.82, 2.24) is 20.0 Å². The summed E-state index contributed by atoms with van der Waals surface area (Å²) in [6.07, 6.45) is 2.75. The summed E-state index contributed by atoms with van der Waals surface area (Å²) in [4.78, 5) is 26.4. The molecule has 1 N–H and O–H groups in total. The van der Waals surface area contributed by atoms with Gasteiger partial charge in [0.15, 0.2) is 0 Å².